The molecule has 0 spiro atoms. The molecule has 2 N–H and O–H groups in total. The van der Waals surface area contributed by atoms with Crippen LogP contribution in [0.25, 0.3) is 0 Å². The van der Waals surface area contributed by atoms with Gasteiger partial charge in [-0.3, -0.25) is 4.79 Å². The van der Waals surface area contributed by atoms with Crippen LogP contribution in [-0.2, 0) is 47.4 Å². The quantitative estimate of drug-likeness (QED) is 0.0591. The molecule has 0 heterocycles. The maximum atomic E-state index is 11.4. The van der Waals surface area contributed by atoms with Gasteiger partial charge in [0.1, 0.15) is 12.7 Å². The molecule has 0 aliphatic carbocycles. The van der Waals surface area contributed by atoms with Gasteiger partial charge < -0.3 is 52.8 Å². The number of carbonyl (C=O) groups is 1. The fraction of sp³-hybridized carbons (Fsp3) is 0.974. The Hall–Kier alpha value is -0.930. The first-order valence-electron chi connectivity index (χ1n) is 19.8. The minimum absolute atomic E-state index is 0.0751. The third-order valence-corrected chi connectivity index (χ3v) is 7.84. The van der Waals surface area contributed by atoms with E-state index in [9.17, 15) is 4.79 Å². The lowest BCUT2D eigenvalue weighted by Gasteiger charge is -2.09. The maximum absolute atomic E-state index is 11.4. The van der Waals surface area contributed by atoms with Gasteiger partial charge >= 0.3 is 5.97 Å². The molecule has 0 saturated carbocycles. The molecule has 1 unspecified atom stereocenters. The Labute approximate surface area is 304 Å². The zero-order chi connectivity index (χ0) is 36.3. The van der Waals surface area contributed by atoms with Gasteiger partial charge in [-0.15, -0.1) is 0 Å². The molecular weight excluding hydrogens is 648 g/mol. The number of hydrogen-bond donors (Lipinski definition) is 2. The molecular formula is C38H76O12. The fourth-order valence-electron chi connectivity index (χ4n) is 4.86. The molecule has 0 aromatic rings. The second-order valence-corrected chi connectivity index (χ2v) is 12.5. The first kappa shape index (κ1) is 49.1. The van der Waals surface area contributed by atoms with Gasteiger partial charge in [0.15, 0.2) is 0 Å². The van der Waals surface area contributed by atoms with Crippen molar-refractivity contribution in [3.8, 4) is 0 Å². The first-order valence-corrected chi connectivity index (χ1v) is 19.8. The van der Waals surface area contributed by atoms with Crippen LogP contribution < -0.4 is 0 Å². The molecule has 0 bridgehead atoms. The highest BCUT2D eigenvalue weighted by molar-refractivity contribution is 5.69. The zero-order valence-electron chi connectivity index (χ0n) is 31.8. The Bertz CT molecular complexity index is 643. The summed E-state index contributed by atoms with van der Waals surface area (Å²) < 4.78 is 48.6. The predicted octanol–water partition coefficient (Wildman–Crippen LogP) is 5.67. The standard InChI is InChI=1S/C38H76O12/c1-2-3-4-5-6-7-8-9-10-11-12-13-14-15-16-17-19-42-21-23-44-25-27-46-29-31-48-33-34-49-32-30-47-28-26-45-24-22-43-20-18-38(41)50-36-37(40)35-39/h37,39-40H,2-36H2,1H3. The van der Waals surface area contributed by atoms with Crippen LogP contribution in [0.5, 0.6) is 0 Å². The van der Waals surface area contributed by atoms with Crippen molar-refractivity contribution in [3.05, 3.63) is 0 Å². The van der Waals surface area contributed by atoms with E-state index in [1.807, 2.05) is 0 Å². The van der Waals surface area contributed by atoms with Crippen molar-refractivity contribution in [1.29, 1.82) is 0 Å². The Kier molecular flexibility index (Phi) is 43.4. The number of esters is 1. The summed E-state index contributed by atoms with van der Waals surface area (Å²) in [5, 5.41) is 17.8. The lowest BCUT2D eigenvalue weighted by Crippen LogP contribution is -2.22. The van der Waals surface area contributed by atoms with E-state index in [2.05, 4.69) is 6.92 Å². The molecule has 0 fully saturated rings. The molecule has 12 nitrogen and oxygen atoms in total. The van der Waals surface area contributed by atoms with Crippen LogP contribution in [0, 0.1) is 0 Å². The second kappa shape index (κ2) is 44.2. The third kappa shape index (κ3) is 43.2. The normalized spacial score (nSPS) is 12.1. The summed E-state index contributed by atoms with van der Waals surface area (Å²) in [4.78, 5) is 11.4. The van der Waals surface area contributed by atoms with Crippen LogP contribution in [-0.4, -0.2) is 141 Å². The van der Waals surface area contributed by atoms with Gasteiger partial charge in [0.25, 0.3) is 0 Å². The first-order chi connectivity index (χ1) is 24.7. The van der Waals surface area contributed by atoms with Gasteiger partial charge in [-0.25, -0.2) is 0 Å². The largest absolute Gasteiger partial charge is 0.463 e. The molecule has 0 aliphatic heterocycles. The van der Waals surface area contributed by atoms with E-state index in [1.165, 1.54) is 96.3 Å². The summed E-state index contributed by atoms with van der Waals surface area (Å²) in [6, 6.07) is 0. The van der Waals surface area contributed by atoms with E-state index < -0.39 is 18.7 Å². The van der Waals surface area contributed by atoms with E-state index in [0.717, 1.165) is 13.0 Å². The fourth-order valence-corrected chi connectivity index (χ4v) is 4.86. The number of carbonyl (C=O) groups excluding carboxylic acids is 1. The highest BCUT2D eigenvalue weighted by Gasteiger charge is 2.07. The predicted molar refractivity (Wildman–Crippen MR) is 195 cm³/mol. The van der Waals surface area contributed by atoms with Gasteiger partial charge in [-0.1, -0.05) is 103 Å². The minimum atomic E-state index is -1.05. The summed E-state index contributed by atoms with van der Waals surface area (Å²) in [7, 11) is 0. The smallest absolute Gasteiger partial charge is 0.308 e. The molecule has 1 atom stereocenters. The van der Waals surface area contributed by atoms with Crippen LogP contribution in [0.2, 0.25) is 0 Å². The summed E-state index contributed by atoms with van der Waals surface area (Å²) in [6.07, 6.45) is 21.1. The van der Waals surface area contributed by atoms with E-state index in [1.54, 1.807) is 0 Å². The van der Waals surface area contributed by atoms with Gasteiger partial charge in [0.2, 0.25) is 0 Å². The van der Waals surface area contributed by atoms with Crippen molar-refractivity contribution in [1.82, 2.24) is 0 Å². The summed E-state index contributed by atoms with van der Waals surface area (Å²) in [6.45, 7) is 9.60. The Morgan fingerprint density at radius 2 is 0.700 bits per heavy atom. The van der Waals surface area contributed by atoms with Crippen LogP contribution in [0.4, 0.5) is 0 Å². The lowest BCUT2D eigenvalue weighted by molar-refractivity contribution is -0.148. The molecule has 0 radical (unpaired) electrons. The van der Waals surface area contributed by atoms with Crippen LogP contribution in [0.1, 0.15) is 116 Å². The number of rotatable bonds is 44. The van der Waals surface area contributed by atoms with Crippen LogP contribution in [0.15, 0.2) is 0 Å². The molecule has 0 aromatic heterocycles. The summed E-state index contributed by atoms with van der Waals surface area (Å²) in [5.41, 5.74) is 0. The molecule has 0 saturated heterocycles. The number of aliphatic hydroxyl groups is 2. The third-order valence-electron chi connectivity index (χ3n) is 7.84. The summed E-state index contributed by atoms with van der Waals surface area (Å²) in [5.74, 6) is -0.488. The Morgan fingerprint density at radius 1 is 0.420 bits per heavy atom. The van der Waals surface area contributed by atoms with Crippen molar-refractivity contribution >= 4 is 5.97 Å². The molecule has 0 amide bonds. The van der Waals surface area contributed by atoms with Gasteiger partial charge in [0, 0.05) is 6.61 Å². The van der Waals surface area contributed by atoms with Crippen LogP contribution >= 0.6 is 0 Å². The number of aliphatic hydroxyl groups excluding tert-OH is 2. The van der Waals surface area contributed by atoms with Crippen molar-refractivity contribution < 1.29 is 57.6 Å². The molecule has 0 aliphatic rings. The zero-order valence-corrected chi connectivity index (χ0v) is 31.8. The van der Waals surface area contributed by atoms with Gasteiger partial charge in [-0.05, 0) is 6.42 Å². The second-order valence-electron chi connectivity index (χ2n) is 12.5. The van der Waals surface area contributed by atoms with Crippen molar-refractivity contribution in [3.63, 3.8) is 0 Å². The molecule has 50 heavy (non-hydrogen) atoms. The monoisotopic (exact) mass is 725 g/mol. The number of hydrogen-bond acceptors (Lipinski definition) is 12. The highest BCUT2D eigenvalue weighted by atomic mass is 16.6. The Morgan fingerprint density at radius 3 is 1.02 bits per heavy atom. The van der Waals surface area contributed by atoms with Crippen LogP contribution in [0.3, 0.4) is 0 Å². The molecule has 12 heteroatoms. The van der Waals surface area contributed by atoms with E-state index in [4.69, 9.17) is 52.8 Å². The topological polar surface area (TPSA) is 141 Å². The minimum Gasteiger partial charge on any atom is -0.463 e. The lowest BCUT2D eigenvalue weighted by atomic mass is 10.0. The van der Waals surface area contributed by atoms with Gasteiger partial charge in [0.05, 0.1) is 112 Å². The van der Waals surface area contributed by atoms with E-state index >= 15 is 0 Å². The van der Waals surface area contributed by atoms with Crippen molar-refractivity contribution in [2.24, 2.45) is 0 Å². The molecule has 300 valence electrons. The Balaban J connectivity index is 3.09. The number of ether oxygens (including phenoxy) is 9. The number of unbranched alkanes of at least 4 members (excludes halogenated alkanes) is 15. The van der Waals surface area contributed by atoms with E-state index in [-0.39, 0.29) is 19.6 Å². The SMILES string of the molecule is CCCCCCCCCCCCCCCCCCOCCOCCOCCOCCOCCOCCOCCOCCC(=O)OCC(O)CO. The average molecular weight is 725 g/mol. The molecule has 0 rings (SSSR count). The highest BCUT2D eigenvalue weighted by Crippen LogP contribution is 2.13. The van der Waals surface area contributed by atoms with Gasteiger partial charge in [-0.2, -0.15) is 0 Å². The van der Waals surface area contributed by atoms with Crippen molar-refractivity contribution in [2.75, 3.05) is 119 Å². The summed E-state index contributed by atoms with van der Waals surface area (Å²) >= 11 is 0. The average Bonchev–Trinajstić information content (AvgIpc) is 3.13. The molecule has 0 aromatic carbocycles. The van der Waals surface area contributed by atoms with E-state index in [0.29, 0.717) is 92.5 Å². The van der Waals surface area contributed by atoms with Crippen molar-refractivity contribution in [2.45, 2.75) is 122 Å². The maximum Gasteiger partial charge on any atom is 0.308 e.